The SMILES string of the molecule is O=c1cc(-c2ccc(O)c(-c3c(O)cc(O)c4c(=O)cc(-c5ccc(O[C@@H]6O[C@@H](CO)[C@@H](O)[C@H](O)[C@H]6O)cc5)oc34)c2)oc2cc(O[C@H]3O[C@@H](CO)[C@@H](O)[C@@H](O)[C@@H]3O)cc(O)c12. The molecule has 4 heterocycles. The van der Waals surface area contributed by atoms with Crippen molar-refractivity contribution >= 4 is 21.9 Å². The number of aliphatic hydroxyl groups excluding tert-OH is 8. The molecule has 6 aromatic rings. The van der Waals surface area contributed by atoms with Gasteiger partial charge in [-0.3, -0.25) is 9.59 Å². The maximum absolute atomic E-state index is 13.5. The Hall–Kier alpha value is -6.30. The Labute approximate surface area is 346 Å². The van der Waals surface area contributed by atoms with Crippen molar-refractivity contribution in [1.82, 2.24) is 0 Å². The lowest BCUT2D eigenvalue weighted by molar-refractivity contribution is -0.277. The van der Waals surface area contributed by atoms with Crippen LogP contribution in [0.2, 0.25) is 0 Å². The van der Waals surface area contributed by atoms with Gasteiger partial charge >= 0.3 is 0 Å². The predicted molar refractivity (Wildman–Crippen MR) is 210 cm³/mol. The standard InChI is InChI=1S/C42H38O20/c43-13-29-34(51)36(53)38(55)41(61-29)57-17-4-1-15(2-5-17)26-12-25(50)33-23(48)10-22(47)31(40(33)60-26)19-7-16(3-6-20(19)45)27-11-24(49)32-21(46)8-18(9-28(32)59-27)58-42-39(56)37(54)35(52)30(14-44)62-42/h1-12,29-30,34-39,41-48,51-56H,13-14H2/t29-,30-,34+,35+,36-,37+,38+,39-,41+,42-/m0/s1. The lowest BCUT2D eigenvalue weighted by Crippen LogP contribution is -2.60. The Bertz CT molecular complexity index is 2760. The highest BCUT2D eigenvalue weighted by Crippen LogP contribution is 2.46. The fraction of sp³-hybridized carbons (Fsp3) is 0.286. The van der Waals surface area contributed by atoms with E-state index < -0.39 is 108 Å². The summed E-state index contributed by atoms with van der Waals surface area (Å²) >= 11 is 0. The van der Waals surface area contributed by atoms with Crippen molar-refractivity contribution in [1.29, 1.82) is 0 Å². The number of fused-ring (bicyclic) bond motifs is 2. The minimum Gasteiger partial charge on any atom is -0.507 e. The topological polar surface area (TPSA) is 340 Å². The van der Waals surface area contributed by atoms with Gasteiger partial charge in [0, 0.05) is 47.0 Å². The molecule has 0 bridgehead atoms. The maximum Gasteiger partial charge on any atom is 0.229 e. The van der Waals surface area contributed by atoms with Gasteiger partial charge in [0.05, 0.1) is 18.8 Å². The number of ether oxygens (including phenoxy) is 4. The van der Waals surface area contributed by atoms with Crippen LogP contribution in [0.3, 0.4) is 0 Å². The summed E-state index contributed by atoms with van der Waals surface area (Å²) in [7, 11) is 0. The summed E-state index contributed by atoms with van der Waals surface area (Å²) in [5.74, 6) is -2.66. The smallest absolute Gasteiger partial charge is 0.229 e. The molecule has 0 aliphatic carbocycles. The van der Waals surface area contributed by atoms with Crippen LogP contribution in [0.4, 0.5) is 0 Å². The predicted octanol–water partition coefficient (Wildman–Crippen LogP) is 0.0802. The molecule has 20 heteroatoms. The van der Waals surface area contributed by atoms with E-state index in [9.17, 15) is 70.9 Å². The fourth-order valence-corrected chi connectivity index (χ4v) is 7.34. The number of phenols is 4. The Kier molecular flexibility index (Phi) is 11.3. The van der Waals surface area contributed by atoms with Crippen LogP contribution in [0.5, 0.6) is 34.5 Å². The van der Waals surface area contributed by atoms with E-state index in [1.807, 2.05) is 0 Å². The molecule has 0 radical (unpaired) electrons. The Morgan fingerprint density at radius 2 is 1.03 bits per heavy atom. The van der Waals surface area contributed by atoms with E-state index >= 15 is 0 Å². The van der Waals surface area contributed by atoms with Gasteiger partial charge in [-0.2, -0.15) is 0 Å². The van der Waals surface area contributed by atoms with E-state index in [-0.39, 0.29) is 67.2 Å². The van der Waals surface area contributed by atoms with Crippen molar-refractivity contribution < 1.29 is 89.1 Å². The van der Waals surface area contributed by atoms with Crippen molar-refractivity contribution in [3.05, 3.63) is 93.2 Å². The van der Waals surface area contributed by atoms with Crippen molar-refractivity contribution in [2.75, 3.05) is 13.2 Å². The largest absolute Gasteiger partial charge is 0.507 e. The summed E-state index contributed by atoms with van der Waals surface area (Å²) in [6, 6.07) is 14.7. The number of rotatable bonds is 9. The summed E-state index contributed by atoms with van der Waals surface area (Å²) in [5.41, 5.74) is -2.10. The monoisotopic (exact) mass is 862 g/mol. The molecule has 2 aromatic heterocycles. The molecule has 0 spiro atoms. The Balaban J connectivity index is 1.14. The van der Waals surface area contributed by atoms with Crippen LogP contribution < -0.4 is 20.3 Å². The molecule has 0 amide bonds. The Morgan fingerprint density at radius 1 is 0.500 bits per heavy atom. The van der Waals surface area contributed by atoms with E-state index in [0.717, 1.165) is 24.3 Å². The molecule has 0 unspecified atom stereocenters. The lowest BCUT2D eigenvalue weighted by atomic mass is 9.97. The molecule has 326 valence electrons. The number of aromatic hydroxyl groups is 4. The third kappa shape index (κ3) is 7.53. The molecule has 12 N–H and O–H groups in total. The van der Waals surface area contributed by atoms with Gasteiger partial charge in [0.15, 0.2) is 16.4 Å². The second-order valence-corrected chi connectivity index (χ2v) is 14.6. The summed E-state index contributed by atoms with van der Waals surface area (Å²) in [5, 5.41) is 124. The molecule has 2 aliphatic rings. The molecular formula is C42H38O20. The average molecular weight is 863 g/mol. The number of hydrogen-bond donors (Lipinski definition) is 12. The third-order valence-electron chi connectivity index (χ3n) is 10.6. The minimum absolute atomic E-state index is 0.0779. The molecule has 2 fully saturated rings. The van der Waals surface area contributed by atoms with Crippen LogP contribution in [-0.2, 0) is 9.47 Å². The highest BCUT2D eigenvalue weighted by molar-refractivity contribution is 6.01. The van der Waals surface area contributed by atoms with Gasteiger partial charge in [0.25, 0.3) is 0 Å². The zero-order valence-electron chi connectivity index (χ0n) is 31.7. The van der Waals surface area contributed by atoms with Crippen molar-refractivity contribution in [3.63, 3.8) is 0 Å². The van der Waals surface area contributed by atoms with Crippen LogP contribution in [0.15, 0.2) is 91.2 Å². The van der Waals surface area contributed by atoms with Gasteiger partial charge in [-0.05, 0) is 42.5 Å². The zero-order valence-corrected chi connectivity index (χ0v) is 31.7. The van der Waals surface area contributed by atoms with Gasteiger partial charge in [-0.15, -0.1) is 0 Å². The molecule has 2 aliphatic heterocycles. The Morgan fingerprint density at radius 3 is 1.63 bits per heavy atom. The first-order valence-corrected chi connectivity index (χ1v) is 18.8. The molecule has 20 nitrogen and oxygen atoms in total. The third-order valence-corrected chi connectivity index (χ3v) is 10.6. The molecular weight excluding hydrogens is 824 g/mol. The summed E-state index contributed by atoms with van der Waals surface area (Å²) in [6.45, 7) is -1.39. The number of aliphatic hydroxyl groups is 8. The average Bonchev–Trinajstić information content (AvgIpc) is 3.24. The van der Waals surface area contributed by atoms with Crippen LogP contribution in [-0.4, -0.2) is 136 Å². The normalized spacial score (nSPS) is 26.5. The highest BCUT2D eigenvalue weighted by atomic mass is 16.7. The van der Waals surface area contributed by atoms with Crippen LogP contribution >= 0.6 is 0 Å². The van der Waals surface area contributed by atoms with E-state index in [4.69, 9.17) is 27.8 Å². The molecule has 62 heavy (non-hydrogen) atoms. The highest BCUT2D eigenvalue weighted by Gasteiger charge is 2.46. The van der Waals surface area contributed by atoms with Crippen molar-refractivity contribution in [3.8, 4) is 68.3 Å². The molecule has 2 saturated heterocycles. The lowest BCUT2D eigenvalue weighted by Gasteiger charge is -2.39. The number of hydrogen-bond acceptors (Lipinski definition) is 20. The molecule has 8 rings (SSSR count). The van der Waals surface area contributed by atoms with Gasteiger partial charge in [-0.1, -0.05) is 0 Å². The summed E-state index contributed by atoms with van der Waals surface area (Å²) < 4.78 is 34.1. The zero-order chi connectivity index (χ0) is 44.3. The molecule has 10 atom stereocenters. The van der Waals surface area contributed by atoms with Crippen LogP contribution in [0.1, 0.15) is 0 Å². The van der Waals surface area contributed by atoms with Gasteiger partial charge in [0.2, 0.25) is 12.6 Å². The number of phenolic OH excluding ortho intramolecular Hbond substituents is 4. The van der Waals surface area contributed by atoms with Crippen molar-refractivity contribution in [2.24, 2.45) is 0 Å². The van der Waals surface area contributed by atoms with Gasteiger partial charge in [-0.25, -0.2) is 0 Å². The van der Waals surface area contributed by atoms with E-state index in [2.05, 4.69) is 0 Å². The van der Waals surface area contributed by atoms with Crippen LogP contribution in [0.25, 0.3) is 55.7 Å². The summed E-state index contributed by atoms with van der Waals surface area (Å²) in [6.07, 6.45) is -15.8. The van der Waals surface area contributed by atoms with Crippen LogP contribution in [0, 0.1) is 0 Å². The van der Waals surface area contributed by atoms with E-state index in [1.54, 1.807) is 0 Å². The first-order chi connectivity index (χ1) is 29.6. The fourth-order valence-electron chi connectivity index (χ4n) is 7.34. The molecule has 0 saturated carbocycles. The summed E-state index contributed by atoms with van der Waals surface area (Å²) in [4.78, 5) is 26.9. The second kappa shape index (κ2) is 16.5. The van der Waals surface area contributed by atoms with Gasteiger partial charge in [0.1, 0.15) is 111 Å². The number of benzene rings is 4. The van der Waals surface area contributed by atoms with E-state index in [1.165, 1.54) is 48.5 Å². The minimum atomic E-state index is -1.79. The second-order valence-electron chi connectivity index (χ2n) is 14.6. The quantitative estimate of drug-likeness (QED) is 0.0915. The molecule has 4 aromatic carbocycles. The maximum atomic E-state index is 13.5. The van der Waals surface area contributed by atoms with Gasteiger partial charge < -0.3 is 89.1 Å². The van der Waals surface area contributed by atoms with E-state index in [0.29, 0.717) is 0 Å². The van der Waals surface area contributed by atoms with Crippen molar-refractivity contribution in [2.45, 2.75) is 61.4 Å². The first-order valence-electron chi connectivity index (χ1n) is 18.8. The first kappa shape index (κ1) is 42.4.